The second kappa shape index (κ2) is 7.66. The zero-order valence-corrected chi connectivity index (χ0v) is 16.5. The number of nitrogens with one attached hydrogen (secondary N) is 1. The first-order valence-corrected chi connectivity index (χ1v) is 9.49. The first kappa shape index (κ1) is 18.5. The lowest BCUT2D eigenvalue weighted by molar-refractivity contribution is 0.471. The summed E-state index contributed by atoms with van der Waals surface area (Å²) in [6, 6.07) is 16.4. The van der Waals surface area contributed by atoms with E-state index in [4.69, 9.17) is 23.2 Å². The molecule has 4 rings (SSSR count). The van der Waals surface area contributed by atoms with Gasteiger partial charge in [-0.15, -0.1) is 0 Å². The Bertz CT molecular complexity index is 1150. The molecule has 4 nitrogen and oxygen atoms in total. The van der Waals surface area contributed by atoms with Crippen molar-refractivity contribution >= 4 is 39.8 Å². The van der Waals surface area contributed by atoms with Gasteiger partial charge in [0, 0.05) is 34.1 Å². The minimum absolute atomic E-state index is 0.132. The number of halogens is 2. The van der Waals surface area contributed by atoms with Crippen LogP contribution in [0.3, 0.4) is 0 Å². The quantitative estimate of drug-likeness (QED) is 0.424. The number of benzene rings is 2. The lowest BCUT2D eigenvalue weighted by atomic mass is 9.97. The Morgan fingerprint density at radius 1 is 1.04 bits per heavy atom. The van der Waals surface area contributed by atoms with Crippen molar-refractivity contribution in [2.45, 2.75) is 13.0 Å². The molecule has 1 atom stereocenters. The van der Waals surface area contributed by atoms with Gasteiger partial charge in [0.1, 0.15) is 11.3 Å². The predicted molar refractivity (Wildman–Crippen MR) is 114 cm³/mol. The number of hydrogen-bond donors (Lipinski definition) is 2. The van der Waals surface area contributed by atoms with Crippen LogP contribution in [0.5, 0.6) is 5.75 Å². The number of phenolic OH excluding ortho intramolecular Hbond substituents is 1. The van der Waals surface area contributed by atoms with E-state index in [1.165, 1.54) is 0 Å². The molecule has 1 unspecified atom stereocenters. The Morgan fingerprint density at radius 3 is 2.61 bits per heavy atom. The van der Waals surface area contributed by atoms with Gasteiger partial charge in [-0.05, 0) is 42.8 Å². The molecule has 0 radical (unpaired) electrons. The van der Waals surface area contributed by atoms with Crippen molar-refractivity contribution < 1.29 is 5.11 Å². The van der Waals surface area contributed by atoms with E-state index in [-0.39, 0.29) is 11.8 Å². The average Bonchev–Trinajstić information content (AvgIpc) is 2.69. The van der Waals surface area contributed by atoms with Crippen molar-refractivity contribution in [1.82, 2.24) is 9.97 Å². The van der Waals surface area contributed by atoms with Crippen molar-refractivity contribution in [3.05, 3.63) is 93.9 Å². The van der Waals surface area contributed by atoms with Gasteiger partial charge in [-0.3, -0.25) is 4.98 Å². The number of aromatic nitrogens is 2. The van der Waals surface area contributed by atoms with Crippen LogP contribution in [0.4, 0.5) is 5.69 Å². The highest BCUT2D eigenvalue weighted by atomic mass is 35.5. The van der Waals surface area contributed by atoms with Crippen molar-refractivity contribution in [2.24, 2.45) is 0 Å². The van der Waals surface area contributed by atoms with Gasteiger partial charge in [0.25, 0.3) is 0 Å². The van der Waals surface area contributed by atoms with Gasteiger partial charge < -0.3 is 10.4 Å². The molecular formula is C22H17Cl2N3O. The van der Waals surface area contributed by atoms with Crippen LogP contribution >= 0.6 is 23.2 Å². The monoisotopic (exact) mass is 409 g/mol. The molecule has 2 heterocycles. The molecule has 140 valence electrons. The van der Waals surface area contributed by atoms with Crippen LogP contribution in [-0.2, 0) is 0 Å². The van der Waals surface area contributed by atoms with Gasteiger partial charge in [-0.25, -0.2) is 4.98 Å². The van der Waals surface area contributed by atoms with E-state index in [2.05, 4.69) is 15.3 Å². The van der Waals surface area contributed by atoms with E-state index >= 15 is 0 Å². The number of rotatable bonds is 4. The number of phenols is 1. The van der Waals surface area contributed by atoms with E-state index in [1.54, 1.807) is 24.5 Å². The molecule has 0 spiro atoms. The van der Waals surface area contributed by atoms with Gasteiger partial charge in [0.2, 0.25) is 0 Å². The maximum absolute atomic E-state index is 11.0. The van der Waals surface area contributed by atoms with Crippen LogP contribution in [0.25, 0.3) is 10.9 Å². The fourth-order valence-electron chi connectivity index (χ4n) is 3.17. The van der Waals surface area contributed by atoms with E-state index in [0.717, 1.165) is 16.6 Å². The van der Waals surface area contributed by atoms with Crippen molar-refractivity contribution in [3.63, 3.8) is 0 Å². The Kier molecular flexibility index (Phi) is 5.07. The molecule has 0 bridgehead atoms. The average molecular weight is 410 g/mol. The van der Waals surface area contributed by atoms with E-state index in [9.17, 15) is 5.11 Å². The third-order valence-electron chi connectivity index (χ3n) is 4.57. The number of pyridine rings is 2. The molecule has 2 aromatic carbocycles. The minimum Gasteiger partial charge on any atom is -0.505 e. The molecule has 2 N–H and O–H groups in total. The van der Waals surface area contributed by atoms with Gasteiger partial charge in [0.15, 0.2) is 0 Å². The fraction of sp³-hybridized carbons (Fsp3) is 0.0909. The number of nitrogens with zero attached hydrogens (tertiary/aromatic N) is 2. The molecule has 0 saturated heterocycles. The van der Waals surface area contributed by atoms with E-state index < -0.39 is 0 Å². The van der Waals surface area contributed by atoms with Crippen LogP contribution in [0.2, 0.25) is 10.0 Å². The SMILES string of the molecule is Cc1ccc2ccc(C(Nc3ccc(Cl)cc3Cl)c3cccnc3)c(O)c2n1. The van der Waals surface area contributed by atoms with Gasteiger partial charge in [-0.2, -0.15) is 0 Å². The summed E-state index contributed by atoms with van der Waals surface area (Å²) in [6.45, 7) is 1.90. The summed E-state index contributed by atoms with van der Waals surface area (Å²) < 4.78 is 0. The fourth-order valence-corrected chi connectivity index (χ4v) is 3.63. The number of aromatic hydroxyl groups is 1. The lowest BCUT2D eigenvalue weighted by Crippen LogP contribution is -2.13. The van der Waals surface area contributed by atoms with Crippen molar-refractivity contribution in [1.29, 1.82) is 0 Å². The maximum atomic E-state index is 11.0. The maximum Gasteiger partial charge on any atom is 0.147 e. The first-order valence-electron chi connectivity index (χ1n) is 8.73. The lowest BCUT2D eigenvalue weighted by Gasteiger charge is -2.23. The van der Waals surface area contributed by atoms with E-state index in [0.29, 0.717) is 26.8 Å². The van der Waals surface area contributed by atoms with Crippen LogP contribution in [0.1, 0.15) is 22.9 Å². The number of hydrogen-bond acceptors (Lipinski definition) is 4. The summed E-state index contributed by atoms with van der Waals surface area (Å²) in [5, 5.41) is 16.4. The summed E-state index contributed by atoms with van der Waals surface area (Å²) in [6.07, 6.45) is 3.47. The smallest absolute Gasteiger partial charge is 0.147 e. The third-order valence-corrected chi connectivity index (χ3v) is 5.11. The second-order valence-electron chi connectivity index (χ2n) is 6.52. The molecule has 0 amide bonds. The van der Waals surface area contributed by atoms with Gasteiger partial charge >= 0.3 is 0 Å². The van der Waals surface area contributed by atoms with E-state index in [1.807, 2.05) is 49.4 Å². The molecule has 0 fully saturated rings. The summed E-state index contributed by atoms with van der Waals surface area (Å²) in [5.74, 6) is 0.132. The van der Waals surface area contributed by atoms with Crippen LogP contribution in [0.15, 0.2) is 67.0 Å². The molecular weight excluding hydrogens is 393 g/mol. The Labute approximate surface area is 172 Å². The normalized spacial score (nSPS) is 12.1. The number of fused-ring (bicyclic) bond motifs is 1. The topological polar surface area (TPSA) is 58.0 Å². The standard InChI is InChI=1S/C22H17Cl2N3O/c1-13-4-5-14-6-8-17(22(28)21(14)26-13)20(15-3-2-10-25-12-15)27-19-9-7-16(23)11-18(19)24/h2-12,20,27-28H,1H3. The molecule has 0 aliphatic rings. The second-order valence-corrected chi connectivity index (χ2v) is 7.36. The molecule has 0 aliphatic heterocycles. The van der Waals surface area contributed by atoms with Gasteiger partial charge in [0.05, 0.1) is 16.8 Å². The zero-order chi connectivity index (χ0) is 19.7. The Morgan fingerprint density at radius 2 is 1.86 bits per heavy atom. The van der Waals surface area contributed by atoms with Crippen LogP contribution < -0.4 is 5.32 Å². The molecule has 4 aromatic rings. The van der Waals surface area contributed by atoms with Crippen LogP contribution in [-0.4, -0.2) is 15.1 Å². The largest absolute Gasteiger partial charge is 0.505 e. The van der Waals surface area contributed by atoms with Gasteiger partial charge in [-0.1, -0.05) is 47.5 Å². The predicted octanol–water partition coefficient (Wildman–Crippen LogP) is 6.15. The summed E-state index contributed by atoms with van der Waals surface area (Å²) in [4.78, 5) is 8.74. The Hall–Kier alpha value is -2.82. The highest BCUT2D eigenvalue weighted by molar-refractivity contribution is 6.36. The molecule has 2 aromatic heterocycles. The Balaban J connectivity index is 1.86. The minimum atomic E-state index is -0.376. The summed E-state index contributed by atoms with van der Waals surface area (Å²) >= 11 is 12.4. The highest BCUT2D eigenvalue weighted by Crippen LogP contribution is 2.38. The van der Waals surface area contributed by atoms with Crippen LogP contribution in [0, 0.1) is 6.92 Å². The highest BCUT2D eigenvalue weighted by Gasteiger charge is 2.21. The van der Waals surface area contributed by atoms with Crippen molar-refractivity contribution in [3.8, 4) is 5.75 Å². The van der Waals surface area contributed by atoms with Crippen molar-refractivity contribution in [2.75, 3.05) is 5.32 Å². The molecule has 0 aliphatic carbocycles. The third kappa shape index (κ3) is 3.61. The molecule has 0 saturated carbocycles. The first-order chi connectivity index (χ1) is 13.5. The summed E-state index contributed by atoms with van der Waals surface area (Å²) in [7, 11) is 0. The zero-order valence-electron chi connectivity index (χ0n) is 15.0. The number of aryl methyl sites for hydroxylation is 1. The molecule has 28 heavy (non-hydrogen) atoms. The number of anilines is 1. The molecule has 6 heteroatoms. The summed E-state index contributed by atoms with van der Waals surface area (Å²) in [5.41, 5.74) is 3.68.